The number of halogens is 1. The van der Waals surface area contributed by atoms with E-state index in [-0.39, 0.29) is 5.75 Å². The second kappa shape index (κ2) is 25.9. The van der Waals surface area contributed by atoms with Gasteiger partial charge in [0.25, 0.3) is 5.88 Å². The summed E-state index contributed by atoms with van der Waals surface area (Å²) in [6.07, 6.45) is 13.5. The summed E-state index contributed by atoms with van der Waals surface area (Å²) >= 11 is -0.513. The Kier molecular flexibility index (Phi) is 19.5. The van der Waals surface area contributed by atoms with E-state index >= 15 is 0 Å². The molecule has 344 valence electrons. The molecule has 4 aromatic carbocycles. The fourth-order valence-electron chi connectivity index (χ4n) is 6.62. The smallest absolute Gasteiger partial charge is 0.316 e. The number of hydrogen-bond acceptors (Lipinski definition) is 10. The van der Waals surface area contributed by atoms with Gasteiger partial charge in [0.1, 0.15) is 23.4 Å². The SMILES string of the molecule is CCCCCCCCOc1ccc(C)cc1OS(=O)Nc1ccc(OCCCCCCCC)c(OS(=O)Nc2cccc(-c3nc4c(Br)c(OCCOc5ccccc5)nn4[nH]3)c2)c1. The highest BCUT2D eigenvalue weighted by atomic mass is 79.9. The number of para-hydroxylation sites is 1. The Labute approximate surface area is 389 Å². The molecule has 0 bridgehead atoms. The molecule has 3 N–H and O–H groups in total. The number of unbranched alkanes of at least 4 members (excludes halogenated alkanes) is 10. The minimum Gasteiger partial charge on any atom is -0.490 e. The summed E-state index contributed by atoms with van der Waals surface area (Å²) in [6.45, 7) is 7.98. The van der Waals surface area contributed by atoms with Crippen LogP contribution in [0.15, 0.2) is 95.5 Å². The van der Waals surface area contributed by atoms with Crippen molar-refractivity contribution in [2.75, 3.05) is 35.9 Å². The van der Waals surface area contributed by atoms with Gasteiger partial charge in [-0.15, -0.1) is 9.73 Å². The number of fused-ring (bicyclic) bond motifs is 1. The van der Waals surface area contributed by atoms with Gasteiger partial charge in [-0.2, -0.15) is 8.42 Å². The predicted octanol–water partition coefficient (Wildman–Crippen LogP) is 11.9. The third-order valence-corrected chi connectivity index (χ3v) is 12.1. The number of aryl methyl sites for hydroxylation is 1. The summed E-state index contributed by atoms with van der Waals surface area (Å²) in [5.41, 5.74) is 3.10. The minimum atomic E-state index is -2.07. The van der Waals surface area contributed by atoms with Crippen molar-refractivity contribution < 1.29 is 35.7 Å². The molecule has 0 radical (unpaired) electrons. The highest BCUT2D eigenvalue weighted by molar-refractivity contribution is 9.10. The van der Waals surface area contributed by atoms with E-state index in [0.717, 1.165) is 43.4 Å². The van der Waals surface area contributed by atoms with Crippen LogP contribution in [-0.4, -0.2) is 54.7 Å². The van der Waals surface area contributed by atoms with E-state index < -0.39 is 22.5 Å². The van der Waals surface area contributed by atoms with Gasteiger partial charge in [0, 0.05) is 11.6 Å². The maximum atomic E-state index is 13.6. The van der Waals surface area contributed by atoms with E-state index in [4.69, 9.17) is 32.3 Å². The average Bonchev–Trinajstić information content (AvgIpc) is 3.84. The molecule has 0 spiro atoms. The van der Waals surface area contributed by atoms with Crippen LogP contribution >= 0.6 is 15.9 Å². The Morgan fingerprint density at radius 3 is 1.86 bits per heavy atom. The molecule has 6 aromatic rings. The maximum absolute atomic E-state index is 13.6. The standard InChI is InChI=1S/C47H59BrN6O8S2/c1-4-6-8-10-12-17-28-58-40-26-24-35(3)32-42(40)61-64(56)53-38-25-27-41(59-29-18-13-11-9-7-5-2)43(34-38)62-63(55)52-37-21-19-20-36(33-37)45-49-46-44(48)47(51-54(46)50-45)60-31-30-57-39-22-15-14-16-23-39/h14-16,19-27,32-34,52-53H,4-13,17-18,28-31H2,1-3H3,(H,49,50). The van der Waals surface area contributed by atoms with Crippen LogP contribution in [0.1, 0.15) is 96.5 Å². The zero-order valence-corrected chi connectivity index (χ0v) is 40.0. The highest BCUT2D eigenvalue weighted by Crippen LogP contribution is 2.34. The van der Waals surface area contributed by atoms with Gasteiger partial charge in [-0.25, -0.2) is 4.98 Å². The summed E-state index contributed by atoms with van der Waals surface area (Å²) in [5.74, 6) is 3.15. The van der Waals surface area contributed by atoms with Crippen molar-refractivity contribution in [1.29, 1.82) is 0 Å². The summed E-state index contributed by atoms with van der Waals surface area (Å²) in [5, 5.41) is 7.66. The van der Waals surface area contributed by atoms with Crippen LogP contribution in [0.5, 0.6) is 34.6 Å². The molecule has 6 rings (SSSR count). The first-order valence-corrected chi connectivity index (χ1v) is 25.0. The first-order chi connectivity index (χ1) is 31.3. The quantitative estimate of drug-likeness (QED) is 0.0371. The number of H-pyrrole nitrogens is 1. The molecule has 0 amide bonds. The lowest BCUT2D eigenvalue weighted by Gasteiger charge is -2.15. The van der Waals surface area contributed by atoms with Crippen molar-refractivity contribution in [2.24, 2.45) is 0 Å². The van der Waals surface area contributed by atoms with Crippen LogP contribution in [0, 0.1) is 6.92 Å². The number of ether oxygens (including phenoxy) is 4. The molecule has 0 saturated carbocycles. The lowest BCUT2D eigenvalue weighted by atomic mass is 10.1. The van der Waals surface area contributed by atoms with E-state index in [0.29, 0.717) is 82.4 Å². The second-order valence-electron chi connectivity index (χ2n) is 15.2. The topological polar surface area (TPSA) is 160 Å². The van der Waals surface area contributed by atoms with E-state index in [9.17, 15) is 8.42 Å². The average molecular weight is 980 g/mol. The number of nitrogens with zero attached hydrogens (tertiary/aromatic N) is 3. The van der Waals surface area contributed by atoms with Crippen molar-refractivity contribution >= 4 is 55.5 Å². The van der Waals surface area contributed by atoms with E-state index in [1.165, 1.54) is 49.6 Å². The number of hydrogen-bond donors (Lipinski definition) is 3. The van der Waals surface area contributed by atoms with Crippen molar-refractivity contribution in [3.8, 4) is 46.0 Å². The van der Waals surface area contributed by atoms with Crippen LogP contribution in [0.3, 0.4) is 0 Å². The van der Waals surface area contributed by atoms with Crippen LogP contribution in [0.2, 0.25) is 0 Å². The number of aromatic amines is 1. The lowest BCUT2D eigenvalue weighted by molar-refractivity contribution is 0.210. The van der Waals surface area contributed by atoms with E-state index in [1.54, 1.807) is 36.4 Å². The summed E-state index contributed by atoms with van der Waals surface area (Å²) in [6, 6.07) is 27.3. The maximum Gasteiger partial charge on any atom is 0.316 e. The number of anilines is 2. The first kappa shape index (κ1) is 48.2. The van der Waals surface area contributed by atoms with Crippen LogP contribution in [0.4, 0.5) is 11.4 Å². The van der Waals surface area contributed by atoms with Gasteiger partial charge in [0.2, 0.25) is 0 Å². The van der Waals surface area contributed by atoms with Crippen LogP contribution in [0.25, 0.3) is 17.0 Å². The zero-order chi connectivity index (χ0) is 44.9. The van der Waals surface area contributed by atoms with Crippen molar-refractivity contribution in [2.45, 2.75) is 97.8 Å². The third kappa shape index (κ3) is 15.2. The van der Waals surface area contributed by atoms with Crippen LogP contribution < -0.4 is 36.8 Å². The predicted molar refractivity (Wildman–Crippen MR) is 258 cm³/mol. The van der Waals surface area contributed by atoms with Gasteiger partial charge in [-0.05, 0) is 89.8 Å². The second-order valence-corrected chi connectivity index (χ2v) is 17.7. The number of rotatable bonds is 30. The van der Waals surface area contributed by atoms with Gasteiger partial charge in [-0.1, -0.05) is 114 Å². The molecule has 0 aliphatic heterocycles. The fraction of sp³-hybridized carbons (Fsp3) is 0.404. The zero-order valence-electron chi connectivity index (χ0n) is 36.8. The molecule has 0 aliphatic rings. The molecule has 0 fully saturated rings. The molecular formula is C47H59BrN6O8S2. The van der Waals surface area contributed by atoms with Crippen molar-refractivity contribution in [3.63, 3.8) is 0 Å². The molecule has 64 heavy (non-hydrogen) atoms. The molecule has 2 atom stereocenters. The fourth-order valence-corrected chi connectivity index (χ4v) is 8.38. The number of benzene rings is 4. The Bertz CT molecular complexity index is 2400. The van der Waals surface area contributed by atoms with Gasteiger partial charge in [-0.3, -0.25) is 14.5 Å². The Balaban J connectivity index is 1.08. The summed E-state index contributed by atoms with van der Waals surface area (Å²) in [4.78, 5) is 4.72. The summed E-state index contributed by atoms with van der Waals surface area (Å²) < 4.78 is 70.4. The number of nitrogens with one attached hydrogen (secondary N) is 3. The minimum absolute atomic E-state index is 0.190. The van der Waals surface area contributed by atoms with Gasteiger partial charge >= 0.3 is 22.5 Å². The normalized spacial score (nSPS) is 12.1. The molecule has 0 aliphatic carbocycles. The molecular weight excluding hydrogens is 921 g/mol. The third-order valence-electron chi connectivity index (χ3n) is 9.96. The lowest BCUT2D eigenvalue weighted by Crippen LogP contribution is -2.14. The monoisotopic (exact) mass is 978 g/mol. The number of aromatic nitrogens is 4. The Morgan fingerprint density at radius 1 is 0.609 bits per heavy atom. The molecule has 2 unspecified atom stereocenters. The van der Waals surface area contributed by atoms with E-state index in [2.05, 4.69) is 49.4 Å². The summed E-state index contributed by atoms with van der Waals surface area (Å²) in [7, 11) is 0. The molecule has 17 heteroatoms. The largest absolute Gasteiger partial charge is 0.490 e. The Hall–Kier alpha value is -5.26. The molecule has 2 heterocycles. The first-order valence-electron chi connectivity index (χ1n) is 22.1. The molecule has 2 aromatic heterocycles. The van der Waals surface area contributed by atoms with Crippen LogP contribution in [-0.2, 0) is 22.5 Å². The van der Waals surface area contributed by atoms with Crippen molar-refractivity contribution in [3.05, 3.63) is 101 Å². The molecule has 14 nitrogen and oxygen atoms in total. The van der Waals surface area contributed by atoms with E-state index in [1.807, 2.05) is 61.5 Å². The van der Waals surface area contributed by atoms with Gasteiger partial charge in [0.05, 0.1) is 24.6 Å². The van der Waals surface area contributed by atoms with Gasteiger partial charge < -0.3 is 27.3 Å². The van der Waals surface area contributed by atoms with Crippen molar-refractivity contribution in [1.82, 2.24) is 19.8 Å². The molecule has 0 saturated heterocycles. The highest BCUT2D eigenvalue weighted by Gasteiger charge is 2.19. The Morgan fingerprint density at radius 2 is 1.20 bits per heavy atom. The van der Waals surface area contributed by atoms with Gasteiger partial charge in [0.15, 0.2) is 34.5 Å².